The first-order valence-electron chi connectivity index (χ1n) is 5.99. The first-order chi connectivity index (χ1) is 10.0. The molecule has 0 radical (unpaired) electrons. The average Bonchev–Trinajstić information content (AvgIpc) is 2.46. The lowest BCUT2D eigenvalue weighted by atomic mass is 10.2. The van der Waals surface area contributed by atoms with Crippen molar-refractivity contribution in [2.45, 2.75) is 6.61 Å². The fourth-order valence-corrected chi connectivity index (χ4v) is 1.72. The van der Waals surface area contributed by atoms with Crippen LogP contribution in [0.5, 0.6) is 11.5 Å². The summed E-state index contributed by atoms with van der Waals surface area (Å²) in [5.74, 6) is -2.20. The van der Waals surface area contributed by atoms with E-state index in [-0.39, 0.29) is 23.5 Å². The van der Waals surface area contributed by atoms with Crippen molar-refractivity contribution in [2.24, 2.45) is 0 Å². The number of carboxylic acids is 1. The highest BCUT2D eigenvalue weighted by molar-refractivity contribution is 5.90. The second kappa shape index (κ2) is 6.21. The molecule has 4 nitrogen and oxygen atoms in total. The van der Waals surface area contributed by atoms with E-state index in [4.69, 9.17) is 14.6 Å². The van der Waals surface area contributed by atoms with Crippen LogP contribution in [0.15, 0.2) is 36.4 Å². The molecule has 6 heteroatoms. The summed E-state index contributed by atoms with van der Waals surface area (Å²) >= 11 is 0. The lowest BCUT2D eigenvalue weighted by molar-refractivity contribution is 0.0691. The Morgan fingerprint density at radius 3 is 2.57 bits per heavy atom. The Morgan fingerprint density at radius 2 is 1.95 bits per heavy atom. The van der Waals surface area contributed by atoms with Gasteiger partial charge in [0.1, 0.15) is 35.3 Å². The molecule has 0 aromatic heterocycles. The number of methoxy groups -OCH3 is 1. The first-order valence-corrected chi connectivity index (χ1v) is 5.99. The Balaban J connectivity index is 2.18. The predicted octanol–water partition coefficient (Wildman–Crippen LogP) is 3.25. The van der Waals surface area contributed by atoms with Crippen molar-refractivity contribution in [2.75, 3.05) is 7.11 Å². The van der Waals surface area contributed by atoms with E-state index in [1.807, 2.05) is 0 Å². The molecular weight excluding hydrogens is 282 g/mol. The van der Waals surface area contributed by atoms with Crippen molar-refractivity contribution in [1.29, 1.82) is 0 Å². The van der Waals surface area contributed by atoms with E-state index < -0.39 is 17.6 Å². The van der Waals surface area contributed by atoms with E-state index in [9.17, 15) is 13.6 Å². The fraction of sp³-hybridized carbons (Fsp3) is 0.133. The molecule has 0 bridgehead atoms. The Kier molecular flexibility index (Phi) is 4.37. The summed E-state index contributed by atoms with van der Waals surface area (Å²) < 4.78 is 36.9. The smallest absolute Gasteiger partial charge is 0.339 e. The van der Waals surface area contributed by atoms with Gasteiger partial charge in [0.05, 0.1) is 7.11 Å². The molecule has 0 atom stereocenters. The Labute approximate surface area is 119 Å². The Hall–Kier alpha value is -2.63. The number of benzene rings is 2. The van der Waals surface area contributed by atoms with Gasteiger partial charge in [0.15, 0.2) is 0 Å². The third-order valence-electron chi connectivity index (χ3n) is 2.82. The van der Waals surface area contributed by atoms with Crippen molar-refractivity contribution >= 4 is 5.97 Å². The van der Waals surface area contributed by atoms with E-state index in [1.54, 1.807) is 6.07 Å². The van der Waals surface area contributed by atoms with Gasteiger partial charge in [0.25, 0.3) is 0 Å². The second-order valence-electron chi connectivity index (χ2n) is 4.19. The highest BCUT2D eigenvalue weighted by Crippen LogP contribution is 2.22. The predicted molar refractivity (Wildman–Crippen MR) is 70.6 cm³/mol. The molecule has 0 spiro atoms. The lowest BCUT2D eigenvalue weighted by Gasteiger charge is -2.10. The van der Waals surface area contributed by atoms with Gasteiger partial charge in [-0.25, -0.2) is 13.6 Å². The number of aromatic carboxylic acids is 1. The molecule has 21 heavy (non-hydrogen) atoms. The van der Waals surface area contributed by atoms with E-state index in [0.29, 0.717) is 5.75 Å². The molecular formula is C15H12F2O4. The maximum absolute atomic E-state index is 13.7. The molecule has 2 rings (SSSR count). The van der Waals surface area contributed by atoms with Crippen LogP contribution in [0.2, 0.25) is 0 Å². The van der Waals surface area contributed by atoms with E-state index in [0.717, 1.165) is 12.1 Å². The molecule has 0 saturated heterocycles. The number of carbonyl (C=O) groups is 1. The van der Waals surface area contributed by atoms with Gasteiger partial charge in [-0.15, -0.1) is 0 Å². The molecule has 2 aromatic carbocycles. The number of halogens is 2. The second-order valence-corrected chi connectivity index (χ2v) is 4.19. The summed E-state index contributed by atoms with van der Waals surface area (Å²) in [7, 11) is 1.42. The highest BCUT2D eigenvalue weighted by Gasteiger charge is 2.13. The molecule has 1 N–H and O–H groups in total. The van der Waals surface area contributed by atoms with Gasteiger partial charge in [-0.1, -0.05) is 0 Å². The Bertz CT molecular complexity index is 671. The van der Waals surface area contributed by atoms with E-state index >= 15 is 0 Å². The van der Waals surface area contributed by atoms with Gasteiger partial charge >= 0.3 is 5.97 Å². The van der Waals surface area contributed by atoms with Crippen LogP contribution in [0.3, 0.4) is 0 Å². The molecule has 2 aromatic rings. The van der Waals surface area contributed by atoms with Gasteiger partial charge in [-0.3, -0.25) is 0 Å². The molecule has 0 heterocycles. The minimum absolute atomic E-state index is 0.0286. The van der Waals surface area contributed by atoms with Crippen molar-refractivity contribution in [1.82, 2.24) is 0 Å². The monoisotopic (exact) mass is 294 g/mol. The highest BCUT2D eigenvalue weighted by atomic mass is 19.1. The van der Waals surface area contributed by atoms with Crippen LogP contribution in [0, 0.1) is 11.6 Å². The molecule has 0 amide bonds. The van der Waals surface area contributed by atoms with Crippen LogP contribution in [-0.4, -0.2) is 18.2 Å². The largest absolute Gasteiger partial charge is 0.497 e. The van der Waals surface area contributed by atoms with Crippen LogP contribution in [-0.2, 0) is 6.61 Å². The lowest BCUT2D eigenvalue weighted by Crippen LogP contribution is -2.05. The molecule has 0 saturated carbocycles. The van der Waals surface area contributed by atoms with Crippen LogP contribution in [0.1, 0.15) is 15.9 Å². The summed E-state index contributed by atoms with van der Waals surface area (Å²) in [6.07, 6.45) is 0. The molecule has 0 aliphatic rings. The fourth-order valence-electron chi connectivity index (χ4n) is 1.72. The van der Waals surface area contributed by atoms with Crippen LogP contribution < -0.4 is 9.47 Å². The van der Waals surface area contributed by atoms with Crippen molar-refractivity contribution in [3.63, 3.8) is 0 Å². The molecule has 0 unspecified atom stereocenters. The number of rotatable bonds is 5. The average molecular weight is 294 g/mol. The number of carboxylic acid groups (broad SMARTS) is 1. The van der Waals surface area contributed by atoms with Crippen molar-refractivity contribution in [3.05, 3.63) is 59.2 Å². The van der Waals surface area contributed by atoms with Crippen LogP contribution >= 0.6 is 0 Å². The van der Waals surface area contributed by atoms with Crippen LogP contribution in [0.25, 0.3) is 0 Å². The standard InChI is InChI=1S/C15H12F2O4/c1-20-11-4-2-9(13(17)7-11)8-21-14-5-3-10(16)6-12(14)15(18)19/h2-7H,8H2,1H3,(H,18,19). The van der Waals surface area contributed by atoms with Gasteiger partial charge in [-0.05, 0) is 30.3 Å². The first kappa shape index (κ1) is 14.8. The van der Waals surface area contributed by atoms with Crippen LogP contribution in [0.4, 0.5) is 8.78 Å². The molecule has 0 aliphatic carbocycles. The maximum Gasteiger partial charge on any atom is 0.339 e. The minimum Gasteiger partial charge on any atom is -0.497 e. The van der Waals surface area contributed by atoms with Crippen molar-refractivity contribution in [3.8, 4) is 11.5 Å². The van der Waals surface area contributed by atoms with E-state index in [2.05, 4.69) is 0 Å². The minimum atomic E-state index is -1.32. The van der Waals surface area contributed by atoms with Crippen molar-refractivity contribution < 1.29 is 28.2 Å². The SMILES string of the molecule is COc1ccc(COc2ccc(F)cc2C(=O)O)c(F)c1. The Morgan fingerprint density at radius 1 is 1.19 bits per heavy atom. The third-order valence-corrected chi connectivity index (χ3v) is 2.82. The number of hydrogen-bond donors (Lipinski definition) is 1. The van der Waals surface area contributed by atoms with Gasteiger partial charge < -0.3 is 14.6 Å². The molecule has 110 valence electrons. The zero-order valence-corrected chi connectivity index (χ0v) is 11.1. The van der Waals surface area contributed by atoms with E-state index in [1.165, 1.54) is 25.3 Å². The molecule has 0 aliphatic heterocycles. The summed E-state index contributed by atoms with van der Waals surface area (Å²) in [6.45, 7) is -0.179. The number of ether oxygens (including phenoxy) is 2. The summed E-state index contributed by atoms with van der Waals surface area (Å²) in [5, 5.41) is 8.97. The third kappa shape index (κ3) is 3.47. The summed E-state index contributed by atoms with van der Waals surface area (Å²) in [5.41, 5.74) is -0.0830. The van der Waals surface area contributed by atoms with Gasteiger partial charge in [-0.2, -0.15) is 0 Å². The topological polar surface area (TPSA) is 55.8 Å². The molecule has 0 fully saturated rings. The number of hydrogen-bond acceptors (Lipinski definition) is 3. The zero-order chi connectivity index (χ0) is 15.4. The normalized spacial score (nSPS) is 10.2. The maximum atomic E-state index is 13.7. The van der Waals surface area contributed by atoms with Gasteiger partial charge in [0.2, 0.25) is 0 Å². The summed E-state index contributed by atoms with van der Waals surface area (Å²) in [4.78, 5) is 11.0. The van der Waals surface area contributed by atoms with Gasteiger partial charge in [0, 0.05) is 11.6 Å². The quantitative estimate of drug-likeness (QED) is 0.919. The summed E-state index contributed by atoms with van der Waals surface area (Å²) in [6, 6.07) is 7.35. The zero-order valence-electron chi connectivity index (χ0n) is 11.1.